The van der Waals surface area contributed by atoms with Gasteiger partial charge in [0.25, 0.3) is 0 Å². The lowest BCUT2D eigenvalue weighted by Gasteiger charge is -2.21. The Balaban J connectivity index is 1.74. The van der Waals surface area contributed by atoms with Gasteiger partial charge in [0.05, 0.1) is 28.5 Å². The van der Waals surface area contributed by atoms with Crippen LogP contribution in [0.25, 0.3) is 11.0 Å². The van der Waals surface area contributed by atoms with Gasteiger partial charge in [-0.25, -0.2) is 5.01 Å². The Kier molecular flexibility index (Phi) is 3.76. The third-order valence-electron chi connectivity index (χ3n) is 4.46. The summed E-state index contributed by atoms with van der Waals surface area (Å²) < 4.78 is 1.78. The molecule has 3 heterocycles. The summed E-state index contributed by atoms with van der Waals surface area (Å²) in [6.45, 7) is 1.85. The van der Waals surface area contributed by atoms with Crippen LogP contribution in [-0.2, 0) is 11.8 Å². The molecule has 126 valence electrons. The SMILES string of the molecule is CCC(=O)N1N=C(c2ccnn2C)C[C@@H]1c1ccc2nccnc2c1. The van der Waals surface area contributed by atoms with Gasteiger partial charge in [-0.3, -0.25) is 19.4 Å². The van der Waals surface area contributed by atoms with Gasteiger partial charge in [0.15, 0.2) is 0 Å². The highest BCUT2D eigenvalue weighted by Gasteiger charge is 2.33. The van der Waals surface area contributed by atoms with Crippen molar-refractivity contribution < 1.29 is 4.79 Å². The average molecular weight is 334 g/mol. The average Bonchev–Trinajstić information content (AvgIpc) is 3.26. The molecule has 1 aliphatic heterocycles. The Morgan fingerprint density at radius 2 is 1.96 bits per heavy atom. The van der Waals surface area contributed by atoms with Crippen LogP contribution in [0.4, 0.5) is 0 Å². The maximum absolute atomic E-state index is 12.4. The topological polar surface area (TPSA) is 76.3 Å². The fourth-order valence-electron chi connectivity index (χ4n) is 3.16. The largest absolute Gasteiger partial charge is 0.273 e. The van der Waals surface area contributed by atoms with Gasteiger partial charge in [-0.15, -0.1) is 0 Å². The molecule has 1 aliphatic rings. The lowest BCUT2D eigenvalue weighted by molar-refractivity contribution is -0.132. The second-order valence-corrected chi connectivity index (χ2v) is 6.00. The van der Waals surface area contributed by atoms with Crippen LogP contribution in [-0.4, -0.2) is 36.4 Å². The Morgan fingerprint density at radius 1 is 1.16 bits per heavy atom. The number of benzene rings is 1. The number of hydrazone groups is 1. The molecule has 0 spiro atoms. The zero-order valence-corrected chi connectivity index (χ0v) is 14.1. The lowest BCUT2D eigenvalue weighted by atomic mass is 10.00. The number of aromatic nitrogens is 4. The Labute approximate surface area is 145 Å². The summed E-state index contributed by atoms with van der Waals surface area (Å²) in [5, 5.41) is 10.4. The molecule has 0 fully saturated rings. The summed E-state index contributed by atoms with van der Waals surface area (Å²) in [6, 6.07) is 7.71. The standard InChI is InChI=1S/C18H18N6O/c1-3-18(25)24-17(11-15(22-24)16-6-7-21-23(16)2)12-4-5-13-14(10-12)20-9-8-19-13/h4-10,17H,3,11H2,1-2H3/t17-/m1/s1. The molecule has 1 atom stereocenters. The third-order valence-corrected chi connectivity index (χ3v) is 4.46. The molecule has 0 aliphatic carbocycles. The Hall–Kier alpha value is -3.09. The predicted molar refractivity (Wildman–Crippen MR) is 93.8 cm³/mol. The van der Waals surface area contributed by atoms with Crippen molar-refractivity contribution in [1.82, 2.24) is 24.8 Å². The van der Waals surface area contributed by atoms with E-state index in [0.717, 1.165) is 28.0 Å². The molecule has 1 aromatic carbocycles. The number of hydrogen-bond donors (Lipinski definition) is 0. The second-order valence-electron chi connectivity index (χ2n) is 6.00. The minimum absolute atomic E-state index is 0.00131. The molecule has 7 heteroatoms. The van der Waals surface area contributed by atoms with Gasteiger partial charge in [0, 0.05) is 38.5 Å². The zero-order valence-electron chi connectivity index (χ0n) is 14.1. The van der Waals surface area contributed by atoms with Gasteiger partial charge >= 0.3 is 0 Å². The van der Waals surface area contributed by atoms with E-state index in [4.69, 9.17) is 0 Å². The van der Waals surface area contributed by atoms with Crippen molar-refractivity contribution in [2.45, 2.75) is 25.8 Å². The summed E-state index contributed by atoms with van der Waals surface area (Å²) in [5.41, 5.74) is 4.46. The van der Waals surface area contributed by atoms with Crippen LogP contribution >= 0.6 is 0 Å². The number of aryl methyl sites for hydroxylation is 1. The number of rotatable bonds is 3. The monoisotopic (exact) mass is 334 g/mol. The molecule has 7 nitrogen and oxygen atoms in total. The fourth-order valence-corrected chi connectivity index (χ4v) is 3.16. The minimum Gasteiger partial charge on any atom is -0.273 e. The molecule has 0 N–H and O–H groups in total. The highest BCUT2D eigenvalue weighted by atomic mass is 16.2. The van der Waals surface area contributed by atoms with Crippen molar-refractivity contribution >= 4 is 22.7 Å². The van der Waals surface area contributed by atoms with Crippen molar-refractivity contribution in [1.29, 1.82) is 0 Å². The van der Waals surface area contributed by atoms with Crippen LogP contribution < -0.4 is 0 Å². The molecule has 0 saturated heterocycles. The molecule has 1 amide bonds. The van der Waals surface area contributed by atoms with Crippen molar-refractivity contribution in [2.24, 2.45) is 12.1 Å². The van der Waals surface area contributed by atoms with E-state index in [-0.39, 0.29) is 11.9 Å². The lowest BCUT2D eigenvalue weighted by Crippen LogP contribution is -2.26. The number of carbonyl (C=O) groups excluding carboxylic acids is 1. The normalized spacial score (nSPS) is 17.1. The molecule has 3 aromatic rings. The number of hydrogen-bond acceptors (Lipinski definition) is 5. The van der Waals surface area contributed by atoms with Gasteiger partial charge in [-0.2, -0.15) is 10.2 Å². The predicted octanol–water partition coefficient (Wildman–Crippen LogP) is 2.45. The molecular formula is C18H18N6O. The van der Waals surface area contributed by atoms with Crippen molar-refractivity contribution in [3.63, 3.8) is 0 Å². The summed E-state index contributed by atoms with van der Waals surface area (Å²) in [4.78, 5) is 21.1. The smallest absolute Gasteiger partial charge is 0.242 e. The van der Waals surface area contributed by atoms with E-state index in [0.29, 0.717) is 12.8 Å². The van der Waals surface area contributed by atoms with Crippen molar-refractivity contribution in [3.05, 3.63) is 54.1 Å². The first-order valence-corrected chi connectivity index (χ1v) is 8.26. The van der Waals surface area contributed by atoms with Gasteiger partial charge in [0.1, 0.15) is 0 Å². The number of carbonyl (C=O) groups is 1. The first-order chi connectivity index (χ1) is 12.2. The quantitative estimate of drug-likeness (QED) is 0.737. The molecule has 0 unspecified atom stereocenters. The molecule has 0 radical (unpaired) electrons. The van der Waals surface area contributed by atoms with E-state index in [1.807, 2.05) is 38.2 Å². The number of fused-ring (bicyclic) bond motifs is 1. The van der Waals surface area contributed by atoms with Crippen LogP contribution in [0.15, 0.2) is 48.0 Å². The van der Waals surface area contributed by atoms with Crippen LogP contribution in [0.5, 0.6) is 0 Å². The van der Waals surface area contributed by atoms with E-state index >= 15 is 0 Å². The van der Waals surface area contributed by atoms with Crippen LogP contribution in [0.2, 0.25) is 0 Å². The maximum Gasteiger partial charge on any atom is 0.242 e. The molecule has 4 rings (SSSR count). The van der Waals surface area contributed by atoms with E-state index in [2.05, 4.69) is 20.2 Å². The van der Waals surface area contributed by atoms with Gasteiger partial charge in [-0.05, 0) is 23.8 Å². The fraction of sp³-hybridized carbons (Fsp3) is 0.278. The number of amides is 1. The highest BCUT2D eigenvalue weighted by Crippen LogP contribution is 2.34. The van der Waals surface area contributed by atoms with Gasteiger partial charge < -0.3 is 0 Å². The molecular weight excluding hydrogens is 316 g/mol. The second kappa shape index (κ2) is 6.08. The molecule has 0 saturated carbocycles. The zero-order chi connectivity index (χ0) is 17.4. The van der Waals surface area contributed by atoms with E-state index < -0.39 is 0 Å². The maximum atomic E-state index is 12.4. The Morgan fingerprint density at radius 3 is 2.68 bits per heavy atom. The van der Waals surface area contributed by atoms with Crippen LogP contribution in [0, 0.1) is 0 Å². The van der Waals surface area contributed by atoms with Gasteiger partial charge in [0.2, 0.25) is 5.91 Å². The van der Waals surface area contributed by atoms with Gasteiger partial charge in [-0.1, -0.05) is 13.0 Å². The molecule has 2 aromatic heterocycles. The van der Waals surface area contributed by atoms with E-state index in [9.17, 15) is 4.79 Å². The summed E-state index contributed by atoms with van der Waals surface area (Å²) >= 11 is 0. The summed E-state index contributed by atoms with van der Waals surface area (Å²) in [5.74, 6) is 0.00131. The highest BCUT2D eigenvalue weighted by molar-refractivity contribution is 6.02. The van der Waals surface area contributed by atoms with Crippen molar-refractivity contribution in [3.8, 4) is 0 Å². The molecule has 0 bridgehead atoms. The van der Waals surface area contributed by atoms with E-state index in [1.54, 1.807) is 28.3 Å². The first-order valence-electron chi connectivity index (χ1n) is 8.26. The van der Waals surface area contributed by atoms with Crippen LogP contribution in [0.3, 0.4) is 0 Å². The van der Waals surface area contributed by atoms with Crippen LogP contribution in [0.1, 0.15) is 37.1 Å². The molecule has 25 heavy (non-hydrogen) atoms. The third kappa shape index (κ3) is 2.67. The summed E-state index contributed by atoms with van der Waals surface area (Å²) in [7, 11) is 1.88. The Bertz CT molecular complexity index is 976. The first kappa shape index (κ1) is 15.4. The number of nitrogens with zero attached hydrogens (tertiary/aromatic N) is 6. The van der Waals surface area contributed by atoms with Crippen molar-refractivity contribution in [2.75, 3.05) is 0 Å². The minimum atomic E-state index is -0.135. The summed E-state index contributed by atoms with van der Waals surface area (Å²) in [6.07, 6.45) is 6.15. The van der Waals surface area contributed by atoms with E-state index in [1.165, 1.54) is 0 Å².